The molecule has 0 spiro atoms. The van der Waals surface area contributed by atoms with Gasteiger partial charge in [0.1, 0.15) is 0 Å². The van der Waals surface area contributed by atoms with Gasteiger partial charge in [0, 0.05) is 43.3 Å². The van der Waals surface area contributed by atoms with Crippen molar-refractivity contribution in [2.24, 2.45) is 0 Å². The Hall–Kier alpha value is -7.01. The van der Waals surface area contributed by atoms with E-state index in [0.717, 1.165) is 23.1 Å². The topological polar surface area (TPSA) is 38.7 Å². The average molecular weight is 732 g/mol. The molecule has 0 fully saturated rings. The van der Waals surface area contributed by atoms with Crippen LogP contribution in [0.3, 0.4) is 0 Å². The lowest BCUT2D eigenvalue weighted by molar-refractivity contribution is 1.07. The maximum absolute atomic E-state index is 5.29. The minimum atomic E-state index is 0.673. The maximum atomic E-state index is 5.29. The van der Waals surface area contributed by atoms with Crippen molar-refractivity contribution in [1.29, 1.82) is 0 Å². The molecular weight excluding hydrogens is 699 g/mol. The van der Waals surface area contributed by atoms with Gasteiger partial charge in [-0.25, -0.2) is 15.0 Å². The summed E-state index contributed by atoms with van der Waals surface area (Å²) in [4.78, 5) is 15.6. The van der Waals surface area contributed by atoms with Gasteiger partial charge < -0.3 is 0 Å². The third-order valence-corrected chi connectivity index (χ3v) is 12.3. The molecule has 0 N–H and O–H groups in total. The van der Waals surface area contributed by atoms with Gasteiger partial charge in [0.05, 0.1) is 0 Å². The van der Waals surface area contributed by atoms with Crippen LogP contribution in [0.15, 0.2) is 188 Å². The molecular formula is C52H33N3S. The summed E-state index contributed by atoms with van der Waals surface area (Å²) >= 11 is 1.80. The number of rotatable bonds is 6. The Balaban J connectivity index is 0.991. The molecule has 8 aromatic carbocycles. The Bertz CT molecular complexity index is 3090. The van der Waals surface area contributed by atoms with Gasteiger partial charge in [-0.3, -0.25) is 0 Å². The van der Waals surface area contributed by atoms with Crippen LogP contribution in [0.4, 0.5) is 0 Å². The molecule has 0 saturated carbocycles. The summed E-state index contributed by atoms with van der Waals surface area (Å²) in [6.07, 6.45) is 0.797. The first-order valence-corrected chi connectivity index (χ1v) is 19.8. The maximum Gasteiger partial charge on any atom is 0.165 e. The van der Waals surface area contributed by atoms with Crippen molar-refractivity contribution in [3.05, 3.63) is 199 Å². The van der Waals surface area contributed by atoms with Gasteiger partial charge in [-0.2, -0.15) is 0 Å². The fraction of sp³-hybridized carbons (Fsp3) is 0.0192. The van der Waals surface area contributed by atoms with E-state index in [0.29, 0.717) is 17.5 Å². The molecule has 2 aromatic heterocycles. The van der Waals surface area contributed by atoms with Crippen molar-refractivity contribution >= 4 is 31.5 Å². The van der Waals surface area contributed by atoms with Crippen LogP contribution in [0, 0.1) is 0 Å². The number of fused-ring (bicyclic) bond motifs is 6. The van der Waals surface area contributed by atoms with Crippen LogP contribution in [0.1, 0.15) is 11.1 Å². The lowest BCUT2D eigenvalue weighted by Gasteiger charge is -2.12. The zero-order chi connectivity index (χ0) is 37.0. The lowest BCUT2D eigenvalue weighted by Crippen LogP contribution is -2.02. The molecule has 11 rings (SSSR count). The summed E-state index contributed by atoms with van der Waals surface area (Å²) < 4.78 is 2.45. The highest BCUT2D eigenvalue weighted by atomic mass is 32.1. The van der Waals surface area contributed by atoms with Crippen LogP contribution in [-0.4, -0.2) is 15.0 Å². The minimum absolute atomic E-state index is 0.673. The summed E-state index contributed by atoms with van der Waals surface area (Å²) in [6, 6.07) is 67.0. The van der Waals surface area contributed by atoms with Crippen molar-refractivity contribution < 1.29 is 0 Å². The molecule has 0 atom stereocenters. The van der Waals surface area contributed by atoms with E-state index in [1.54, 1.807) is 11.3 Å². The monoisotopic (exact) mass is 731 g/mol. The fourth-order valence-electron chi connectivity index (χ4n) is 8.32. The molecule has 0 bridgehead atoms. The van der Waals surface area contributed by atoms with E-state index in [9.17, 15) is 0 Å². The van der Waals surface area contributed by atoms with Crippen LogP contribution in [0.2, 0.25) is 0 Å². The van der Waals surface area contributed by atoms with E-state index in [2.05, 4.69) is 170 Å². The van der Waals surface area contributed by atoms with Gasteiger partial charge in [0.15, 0.2) is 17.5 Å². The molecule has 56 heavy (non-hydrogen) atoms. The summed E-state index contributed by atoms with van der Waals surface area (Å²) in [6.45, 7) is 0. The highest BCUT2D eigenvalue weighted by Gasteiger charge is 2.26. The predicted octanol–water partition coefficient (Wildman–Crippen LogP) is 13.8. The third-order valence-electron chi connectivity index (χ3n) is 11.0. The molecule has 0 saturated heterocycles. The van der Waals surface area contributed by atoms with E-state index in [1.165, 1.54) is 75.8 Å². The number of benzene rings is 8. The van der Waals surface area contributed by atoms with E-state index >= 15 is 0 Å². The van der Waals surface area contributed by atoms with Gasteiger partial charge in [0.2, 0.25) is 0 Å². The second-order valence-corrected chi connectivity index (χ2v) is 15.4. The van der Waals surface area contributed by atoms with Crippen molar-refractivity contribution in [2.75, 3.05) is 0 Å². The Labute approximate surface area is 329 Å². The lowest BCUT2D eigenvalue weighted by atomic mass is 9.93. The summed E-state index contributed by atoms with van der Waals surface area (Å²) in [5, 5.41) is 2.48. The Morgan fingerprint density at radius 1 is 0.321 bits per heavy atom. The van der Waals surface area contributed by atoms with E-state index < -0.39 is 0 Å². The predicted molar refractivity (Wildman–Crippen MR) is 234 cm³/mol. The normalized spacial score (nSPS) is 11.9. The molecule has 0 radical (unpaired) electrons. The number of nitrogens with zero attached hydrogens (tertiary/aromatic N) is 3. The molecule has 2 heterocycles. The van der Waals surface area contributed by atoms with Crippen LogP contribution in [0.5, 0.6) is 0 Å². The zero-order valence-electron chi connectivity index (χ0n) is 30.4. The van der Waals surface area contributed by atoms with Crippen LogP contribution < -0.4 is 0 Å². The quantitative estimate of drug-likeness (QED) is 0.171. The number of aromatic nitrogens is 3. The summed E-state index contributed by atoms with van der Waals surface area (Å²) in [5.41, 5.74) is 15.5. The van der Waals surface area contributed by atoms with E-state index in [1.807, 2.05) is 18.2 Å². The smallest absolute Gasteiger partial charge is 0.165 e. The highest BCUT2D eigenvalue weighted by molar-refractivity contribution is 7.26. The van der Waals surface area contributed by atoms with Gasteiger partial charge >= 0.3 is 0 Å². The summed E-state index contributed by atoms with van der Waals surface area (Å²) in [7, 11) is 0. The summed E-state index contributed by atoms with van der Waals surface area (Å²) in [5.74, 6) is 2.06. The standard InChI is InChI=1S/C52H33N3S/c1-3-13-33(14-4-1)37-17-9-18-38(31-37)34-27-29-35(30-28-34)39-20-10-21-40-41-22-11-24-44(47(41)32-46(39)40)51-53-50(36-15-5-2-6-16-36)54-52(55-51)45-25-12-23-43-42-19-7-8-26-48(42)56-49(43)45/h1-31H,32H2. The highest BCUT2D eigenvalue weighted by Crippen LogP contribution is 2.46. The van der Waals surface area contributed by atoms with Gasteiger partial charge in [-0.05, 0) is 73.8 Å². The Kier molecular flexibility index (Phi) is 7.75. The van der Waals surface area contributed by atoms with Crippen molar-refractivity contribution in [3.63, 3.8) is 0 Å². The molecule has 0 unspecified atom stereocenters. The van der Waals surface area contributed by atoms with Gasteiger partial charge in [0.25, 0.3) is 0 Å². The van der Waals surface area contributed by atoms with E-state index in [4.69, 9.17) is 15.0 Å². The van der Waals surface area contributed by atoms with Crippen LogP contribution >= 0.6 is 11.3 Å². The van der Waals surface area contributed by atoms with Crippen LogP contribution in [-0.2, 0) is 6.42 Å². The minimum Gasteiger partial charge on any atom is -0.208 e. The fourth-order valence-corrected chi connectivity index (χ4v) is 9.54. The Morgan fingerprint density at radius 3 is 1.55 bits per heavy atom. The Morgan fingerprint density at radius 2 is 0.804 bits per heavy atom. The second kappa shape index (κ2) is 13.4. The van der Waals surface area contributed by atoms with Crippen molar-refractivity contribution in [2.45, 2.75) is 6.42 Å². The second-order valence-electron chi connectivity index (χ2n) is 14.3. The van der Waals surface area contributed by atoms with Crippen LogP contribution in [0.25, 0.3) is 98.8 Å². The molecule has 0 amide bonds. The molecule has 4 heteroatoms. The number of hydrogen-bond acceptors (Lipinski definition) is 4. The van der Waals surface area contributed by atoms with E-state index in [-0.39, 0.29) is 0 Å². The first kappa shape index (κ1) is 32.4. The van der Waals surface area contributed by atoms with Crippen molar-refractivity contribution in [3.8, 4) is 78.7 Å². The molecule has 1 aliphatic carbocycles. The first-order chi connectivity index (χ1) is 27.7. The zero-order valence-corrected chi connectivity index (χ0v) is 31.2. The average Bonchev–Trinajstić information content (AvgIpc) is 3.86. The SMILES string of the molecule is c1ccc(-c2cccc(-c3ccc(-c4cccc5c4Cc4c(-c6nc(-c7ccccc7)nc(-c7cccc8c7sc7ccccc78)n6)cccc4-5)cc3)c2)cc1. The first-order valence-electron chi connectivity index (χ1n) is 19.0. The third kappa shape index (κ3) is 5.54. The molecule has 1 aliphatic rings. The molecule has 10 aromatic rings. The van der Waals surface area contributed by atoms with Gasteiger partial charge in [-0.15, -0.1) is 11.3 Å². The molecule has 262 valence electrons. The van der Waals surface area contributed by atoms with Gasteiger partial charge in [-0.1, -0.05) is 170 Å². The number of hydrogen-bond donors (Lipinski definition) is 0. The molecule has 3 nitrogen and oxygen atoms in total. The number of thiophene rings is 1. The molecule has 0 aliphatic heterocycles. The van der Waals surface area contributed by atoms with Crippen molar-refractivity contribution in [1.82, 2.24) is 15.0 Å². The largest absolute Gasteiger partial charge is 0.208 e.